The molecule has 0 unspecified atom stereocenters. The number of carbonyl (C=O) groups excluding carboxylic acids is 2. The van der Waals surface area contributed by atoms with Crippen LogP contribution in [0.3, 0.4) is 0 Å². The highest BCUT2D eigenvalue weighted by atomic mass is 16.8. The van der Waals surface area contributed by atoms with E-state index in [0.29, 0.717) is 11.3 Å². The fourth-order valence-electron chi connectivity index (χ4n) is 6.32. The topological polar surface area (TPSA) is 61.8 Å². The van der Waals surface area contributed by atoms with Crippen molar-refractivity contribution in [1.82, 2.24) is 0 Å². The predicted octanol–water partition coefficient (Wildman–Crippen LogP) is 3.96. The highest BCUT2D eigenvalue weighted by molar-refractivity contribution is 5.84. The molecule has 6 atom stereocenters. The van der Waals surface area contributed by atoms with Crippen LogP contribution in [0.2, 0.25) is 0 Å². The first-order valence-electron chi connectivity index (χ1n) is 9.93. The van der Waals surface area contributed by atoms with Crippen molar-refractivity contribution >= 4 is 11.9 Å². The first-order valence-corrected chi connectivity index (χ1v) is 9.93. The van der Waals surface area contributed by atoms with Gasteiger partial charge >= 0.3 is 11.9 Å². The number of carbonyl (C=O) groups is 2. The van der Waals surface area contributed by atoms with Crippen molar-refractivity contribution < 1.29 is 23.8 Å². The average molecular weight is 362 g/mol. The average Bonchev–Trinajstić information content (AvgIpc) is 2.83. The van der Waals surface area contributed by atoms with Crippen molar-refractivity contribution in [1.29, 1.82) is 0 Å². The Bertz CT molecular complexity index is 651. The lowest BCUT2D eigenvalue weighted by Gasteiger charge is -2.51. The van der Waals surface area contributed by atoms with Gasteiger partial charge in [0.2, 0.25) is 12.6 Å². The van der Waals surface area contributed by atoms with E-state index in [1.165, 1.54) is 38.2 Å². The minimum absolute atomic E-state index is 0.0256. The standard InChI is InChI=1S/C21H30O5/c1-12(22)24-18-13-6-7-15(21(4)9-5-8-20(2,3)11-21)14-10-16(23)25-19(26-18)17(13)14/h10,13,15,17-19H,5-9,11H2,1-4H3/t13-,15+,17-,18-,19-,21+/m1/s1. The third-order valence-corrected chi connectivity index (χ3v) is 7.07. The Kier molecular flexibility index (Phi) is 4.22. The van der Waals surface area contributed by atoms with E-state index in [9.17, 15) is 9.59 Å². The van der Waals surface area contributed by atoms with E-state index in [1.54, 1.807) is 6.08 Å². The van der Waals surface area contributed by atoms with E-state index < -0.39 is 12.6 Å². The van der Waals surface area contributed by atoms with Crippen molar-refractivity contribution in [3.8, 4) is 0 Å². The van der Waals surface area contributed by atoms with Gasteiger partial charge in [0.05, 0.1) is 5.92 Å². The number of hydrogen-bond donors (Lipinski definition) is 0. The highest BCUT2D eigenvalue weighted by Gasteiger charge is 2.58. The van der Waals surface area contributed by atoms with Gasteiger partial charge in [-0.25, -0.2) is 4.79 Å². The Morgan fingerprint density at radius 2 is 2.00 bits per heavy atom. The molecule has 0 spiro atoms. The molecule has 0 bridgehead atoms. The molecule has 5 nitrogen and oxygen atoms in total. The summed E-state index contributed by atoms with van der Waals surface area (Å²) in [6.45, 7) is 8.51. The van der Waals surface area contributed by atoms with Crippen LogP contribution in [0.5, 0.6) is 0 Å². The Balaban J connectivity index is 1.65. The van der Waals surface area contributed by atoms with E-state index in [4.69, 9.17) is 14.2 Å². The summed E-state index contributed by atoms with van der Waals surface area (Å²) in [5, 5.41) is 0. The van der Waals surface area contributed by atoms with Gasteiger partial charge < -0.3 is 14.2 Å². The van der Waals surface area contributed by atoms with Crippen LogP contribution < -0.4 is 0 Å². The molecule has 144 valence electrons. The van der Waals surface area contributed by atoms with E-state index in [-0.39, 0.29) is 29.2 Å². The summed E-state index contributed by atoms with van der Waals surface area (Å²) in [7, 11) is 0. The van der Waals surface area contributed by atoms with Crippen LogP contribution in [0.25, 0.3) is 0 Å². The van der Waals surface area contributed by atoms with Gasteiger partial charge in [0.1, 0.15) is 0 Å². The number of ether oxygens (including phenoxy) is 3. The van der Waals surface area contributed by atoms with Crippen molar-refractivity contribution in [3.63, 3.8) is 0 Å². The van der Waals surface area contributed by atoms with Crippen LogP contribution in [0, 0.1) is 28.6 Å². The van der Waals surface area contributed by atoms with E-state index in [1.807, 2.05) is 0 Å². The second-order valence-corrected chi connectivity index (χ2v) is 9.73. The summed E-state index contributed by atoms with van der Waals surface area (Å²) in [5.74, 6) is -0.196. The third-order valence-electron chi connectivity index (χ3n) is 7.07. The zero-order valence-electron chi connectivity index (χ0n) is 16.2. The molecule has 0 amide bonds. The summed E-state index contributed by atoms with van der Waals surface area (Å²) in [6, 6.07) is 0. The molecule has 2 heterocycles. The Labute approximate surface area is 155 Å². The van der Waals surface area contributed by atoms with E-state index >= 15 is 0 Å². The third kappa shape index (κ3) is 2.98. The van der Waals surface area contributed by atoms with Crippen molar-refractivity contribution in [2.75, 3.05) is 0 Å². The Hall–Kier alpha value is -1.36. The lowest BCUT2D eigenvalue weighted by atomic mass is 9.53. The molecule has 0 N–H and O–H groups in total. The normalized spacial score (nSPS) is 43.9. The maximum Gasteiger partial charge on any atom is 0.333 e. The number of esters is 2. The molecule has 4 rings (SSSR count). The van der Waals surface area contributed by atoms with Gasteiger partial charge in [-0.3, -0.25) is 4.79 Å². The van der Waals surface area contributed by atoms with Gasteiger partial charge in [-0.05, 0) is 54.4 Å². The fourth-order valence-corrected chi connectivity index (χ4v) is 6.32. The smallest absolute Gasteiger partial charge is 0.333 e. The van der Waals surface area contributed by atoms with Gasteiger partial charge in [0.25, 0.3) is 0 Å². The van der Waals surface area contributed by atoms with Crippen LogP contribution in [-0.2, 0) is 23.8 Å². The van der Waals surface area contributed by atoms with Crippen molar-refractivity contribution in [2.45, 2.75) is 78.8 Å². The maximum atomic E-state index is 12.2. The van der Waals surface area contributed by atoms with Crippen LogP contribution in [0.1, 0.15) is 66.2 Å². The molecule has 1 saturated heterocycles. The first-order chi connectivity index (χ1) is 12.2. The van der Waals surface area contributed by atoms with Gasteiger partial charge in [-0.15, -0.1) is 0 Å². The minimum atomic E-state index is -0.611. The molecule has 3 fully saturated rings. The molecule has 5 heteroatoms. The molecule has 0 aromatic heterocycles. The Morgan fingerprint density at radius 1 is 1.23 bits per heavy atom. The van der Waals surface area contributed by atoms with Gasteiger partial charge in [0, 0.05) is 18.9 Å². The van der Waals surface area contributed by atoms with Crippen LogP contribution >= 0.6 is 0 Å². The summed E-state index contributed by atoms with van der Waals surface area (Å²) in [4.78, 5) is 23.6. The maximum absolute atomic E-state index is 12.2. The van der Waals surface area contributed by atoms with Gasteiger partial charge in [-0.2, -0.15) is 0 Å². The summed E-state index contributed by atoms with van der Waals surface area (Å²) in [6.07, 6.45) is 7.33. The van der Waals surface area contributed by atoms with Gasteiger partial charge in [0.15, 0.2) is 0 Å². The zero-order valence-corrected chi connectivity index (χ0v) is 16.2. The van der Waals surface area contributed by atoms with Crippen molar-refractivity contribution in [2.24, 2.45) is 28.6 Å². The van der Waals surface area contributed by atoms with Crippen molar-refractivity contribution in [3.05, 3.63) is 11.6 Å². The zero-order chi connectivity index (χ0) is 18.7. The van der Waals surface area contributed by atoms with Gasteiger partial charge in [-0.1, -0.05) is 27.2 Å². The largest absolute Gasteiger partial charge is 0.435 e. The molecular formula is C21H30O5. The second-order valence-electron chi connectivity index (χ2n) is 9.73. The van der Waals surface area contributed by atoms with Crippen LogP contribution in [-0.4, -0.2) is 24.5 Å². The molecule has 2 saturated carbocycles. The number of rotatable bonds is 2. The number of hydrogen-bond acceptors (Lipinski definition) is 5. The molecular weight excluding hydrogens is 332 g/mol. The molecule has 2 aliphatic heterocycles. The summed E-state index contributed by atoms with van der Waals surface area (Å²) >= 11 is 0. The minimum Gasteiger partial charge on any atom is -0.435 e. The molecule has 2 aliphatic carbocycles. The Morgan fingerprint density at radius 3 is 2.69 bits per heavy atom. The molecule has 0 aromatic rings. The predicted molar refractivity (Wildman–Crippen MR) is 94.7 cm³/mol. The van der Waals surface area contributed by atoms with E-state index in [0.717, 1.165) is 12.8 Å². The summed E-state index contributed by atoms with van der Waals surface area (Å²) in [5.41, 5.74) is 1.71. The van der Waals surface area contributed by atoms with E-state index in [2.05, 4.69) is 20.8 Å². The fraction of sp³-hybridized carbons (Fsp3) is 0.810. The SMILES string of the molecule is CC(=O)O[C@@H]1O[C@H]2OC(=O)C=C3[C@H]2[C@H]1CC[C@@H]3[C@@]1(C)CCCC(C)(C)C1. The first kappa shape index (κ1) is 18.0. The lowest BCUT2D eigenvalue weighted by molar-refractivity contribution is -0.213. The molecule has 0 radical (unpaired) electrons. The molecule has 26 heavy (non-hydrogen) atoms. The highest BCUT2D eigenvalue weighted by Crippen LogP contribution is 2.59. The quantitative estimate of drug-likeness (QED) is 0.696. The van der Waals surface area contributed by atoms with Crippen LogP contribution in [0.15, 0.2) is 11.6 Å². The second kappa shape index (κ2) is 6.08. The molecule has 0 aromatic carbocycles. The monoisotopic (exact) mass is 362 g/mol. The van der Waals surface area contributed by atoms with Crippen LogP contribution in [0.4, 0.5) is 0 Å². The lowest BCUT2D eigenvalue weighted by Crippen LogP contribution is -2.45. The summed E-state index contributed by atoms with van der Waals surface area (Å²) < 4.78 is 16.7. The molecule has 4 aliphatic rings.